The molecule has 0 N–H and O–H groups in total. The van der Waals surface area contributed by atoms with Crippen molar-refractivity contribution in [3.63, 3.8) is 0 Å². The molecule has 2 aliphatic rings. The first kappa shape index (κ1) is 15.2. The molecule has 0 atom stereocenters. The number of fused-ring (bicyclic) bond motifs is 2. The highest BCUT2D eigenvalue weighted by Crippen LogP contribution is 2.62. The molecule has 0 aromatic heterocycles. The van der Waals surface area contributed by atoms with Crippen molar-refractivity contribution >= 4 is 23.5 Å². The van der Waals surface area contributed by atoms with Gasteiger partial charge in [-0.3, -0.25) is 0 Å². The van der Waals surface area contributed by atoms with Crippen molar-refractivity contribution in [3.8, 4) is 17.2 Å². The van der Waals surface area contributed by atoms with Gasteiger partial charge in [-0.05, 0) is 26.8 Å². The highest BCUT2D eigenvalue weighted by atomic mass is 32.2. The average molecular weight is 326 g/mol. The Balaban J connectivity index is 2.12. The van der Waals surface area contributed by atoms with Gasteiger partial charge < -0.3 is 14.2 Å². The summed E-state index contributed by atoms with van der Waals surface area (Å²) in [6, 6.07) is 4.11. The second kappa shape index (κ2) is 5.51. The molecule has 3 nitrogen and oxygen atoms in total. The summed E-state index contributed by atoms with van der Waals surface area (Å²) >= 11 is 4.07. The molecule has 5 heteroatoms. The van der Waals surface area contributed by atoms with Crippen molar-refractivity contribution in [3.05, 3.63) is 17.7 Å². The summed E-state index contributed by atoms with van der Waals surface area (Å²) in [7, 11) is 1.69. The number of ether oxygens (including phenoxy) is 3. The molecule has 0 saturated carbocycles. The lowest BCUT2D eigenvalue weighted by atomic mass is 9.93. The summed E-state index contributed by atoms with van der Waals surface area (Å²) in [5.74, 6) is 4.88. The SMILES string of the molecule is CCOc1cc2c(cc1OC)C1(CC(C)(C)O2)SCCS1. The fraction of sp³-hybridized carbons (Fsp3) is 0.625. The molecule has 0 unspecified atom stereocenters. The molecule has 0 aliphatic carbocycles. The monoisotopic (exact) mass is 326 g/mol. The fourth-order valence-corrected chi connectivity index (χ4v) is 6.74. The van der Waals surface area contributed by atoms with E-state index in [0.29, 0.717) is 6.61 Å². The van der Waals surface area contributed by atoms with Gasteiger partial charge in [0.25, 0.3) is 0 Å². The molecule has 0 amide bonds. The van der Waals surface area contributed by atoms with Crippen LogP contribution in [-0.4, -0.2) is 30.8 Å². The van der Waals surface area contributed by atoms with Crippen LogP contribution < -0.4 is 14.2 Å². The van der Waals surface area contributed by atoms with E-state index in [-0.39, 0.29) is 9.68 Å². The largest absolute Gasteiger partial charge is 0.493 e. The molecule has 0 radical (unpaired) electrons. The minimum Gasteiger partial charge on any atom is -0.493 e. The van der Waals surface area contributed by atoms with E-state index in [1.54, 1.807) is 7.11 Å². The van der Waals surface area contributed by atoms with Crippen LogP contribution in [0.3, 0.4) is 0 Å². The van der Waals surface area contributed by atoms with Crippen LogP contribution in [0.1, 0.15) is 32.8 Å². The van der Waals surface area contributed by atoms with E-state index in [2.05, 4.69) is 19.9 Å². The number of rotatable bonds is 3. The summed E-state index contributed by atoms with van der Waals surface area (Å²) in [6.07, 6.45) is 1.01. The van der Waals surface area contributed by atoms with Gasteiger partial charge in [0.2, 0.25) is 0 Å². The highest BCUT2D eigenvalue weighted by molar-refractivity contribution is 8.20. The lowest BCUT2D eigenvalue weighted by Gasteiger charge is -2.43. The standard InChI is InChI=1S/C16H22O3S2/c1-5-18-14-9-12-11(8-13(14)17-4)16(20-6-7-21-16)10-15(2,3)19-12/h8-9H,5-7,10H2,1-4H3. The van der Waals surface area contributed by atoms with E-state index >= 15 is 0 Å². The number of hydrogen-bond donors (Lipinski definition) is 0. The van der Waals surface area contributed by atoms with E-state index in [9.17, 15) is 0 Å². The molecule has 1 spiro atoms. The minimum absolute atomic E-state index is 0.0924. The molecular formula is C16H22O3S2. The molecule has 2 heterocycles. The van der Waals surface area contributed by atoms with Crippen LogP contribution in [0.2, 0.25) is 0 Å². The predicted molar refractivity (Wildman–Crippen MR) is 90.1 cm³/mol. The first-order valence-electron chi connectivity index (χ1n) is 7.32. The van der Waals surface area contributed by atoms with Crippen LogP contribution in [0.15, 0.2) is 12.1 Å². The van der Waals surface area contributed by atoms with Gasteiger partial charge in [-0.15, -0.1) is 23.5 Å². The molecule has 1 fully saturated rings. The van der Waals surface area contributed by atoms with E-state index in [1.807, 2.05) is 36.5 Å². The Kier molecular flexibility index (Phi) is 3.99. The first-order valence-corrected chi connectivity index (χ1v) is 9.29. The number of methoxy groups -OCH3 is 1. The van der Waals surface area contributed by atoms with Crippen LogP contribution in [0.5, 0.6) is 17.2 Å². The molecule has 1 aromatic carbocycles. The van der Waals surface area contributed by atoms with Crippen molar-refractivity contribution in [1.82, 2.24) is 0 Å². The third-order valence-corrected chi connectivity index (χ3v) is 7.22. The van der Waals surface area contributed by atoms with Crippen molar-refractivity contribution in [2.24, 2.45) is 0 Å². The zero-order chi connectivity index (χ0) is 15.1. The van der Waals surface area contributed by atoms with Gasteiger partial charge in [-0.2, -0.15) is 0 Å². The molecular weight excluding hydrogens is 304 g/mol. The lowest BCUT2D eigenvalue weighted by Crippen LogP contribution is -2.40. The van der Waals surface area contributed by atoms with Gasteiger partial charge >= 0.3 is 0 Å². The topological polar surface area (TPSA) is 27.7 Å². The molecule has 21 heavy (non-hydrogen) atoms. The maximum Gasteiger partial charge on any atom is 0.164 e. The summed E-state index contributed by atoms with van der Waals surface area (Å²) in [5, 5.41) is 0. The fourth-order valence-electron chi connectivity index (χ4n) is 3.05. The Labute approximate surface area is 135 Å². The highest BCUT2D eigenvalue weighted by Gasteiger charge is 2.48. The Morgan fingerprint density at radius 3 is 2.52 bits per heavy atom. The van der Waals surface area contributed by atoms with Crippen LogP contribution in [0.4, 0.5) is 0 Å². The lowest BCUT2D eigenvalue weighted by molar-refractivity contribution is 0.0785. The van der Waals surface area contributed by atoms with Crippen LogP contribution in [0.25, 0.3) is 0 Å². The third-order valence-electron chi connectivity index (χ3n) is 3.77. The summed E-state index contributed by atoms with van der Waals surface area (Å²) in [6.45, 7) is 6.93. The van der Waals surface area contributed by atoms with Crippen molar-refractivity contribution in [2.45, 2.75) is 36.9 Å². The summed E-state index contributed by atoms with van der Waals surface area (Å²) < 4.78 is 17.5. The minimum atomic E-state index is -0.157. The van der Waals surface area contributed by atoms with Gasteiger partial charge in [-0.25, -0.2) is 0 Å². The molecule has 0 bridgehead atoms. The molecule has 116 valence electrons. The maximum absolute atomic E-state index is 6.23. The van der Waals surface area contributed by atoms with Crippen LogP contribution in [-0.2, 0) is 4.08 Å². The van der Waals surface area contributed by atoms with Crippen LogP contribution in [0, 0.1) is 0 Å². The number of benzene rings is 1. The maximum atomic E-state index is 6.23. The number of hydrogen-bond acceptors (Lipinski definition) is 5. The molecule has 3 rings (SSSR count). The zero-order valence-corrected chi connectivity index (χ0v) is 14.7. The van der Waals surface area contributed by atoms with Crippen molar-refractivity contribution in [2.75, 3.05) is 25.2 Å². The predicted octanol–water partition coefficient (Wildman–Crippen LogP) is 4.29. The third kappa shape index (κ3) is 2.70. The smallest absolute Gasteiger partial charge is 0.164 e. The number of thioether (sulfide) groups is 2. The molecule has 2 aliphatic heterocycles. The summed E-state index contributed by atoms with van der Waals surface area (Å²) in [4.78, 5) is 0. The van der Waals surface area contributed by atoms with Gasteiger partial charge in [-0.1, -0.05) is 0 Å². The Morgan fingerprint density at radius 1 is 1.19 bits per heavy atom. The second-order valence-corrected chi connectivity index (χ2v) is 8.97. The van der Waals surface area contributed by atoms with E-state index in [4.69, 9.17) is 14.2 Å². The zero-order valence-electron chi connectivity index (χ0n) is 13.0. The van der Waals surface area contributed by atoms with Crippen molar-refractivity contribution in [1.29, 1.82) is 0 Å². The average Bonchev–Trinajstić information content (AvgIpc) is 2.86. The van der Waals surface area contributed by atoms with Gasteiger partial charge in [0.15, 0.2) is 11.5 Å². The van der Waals surface area contributed by atoms with E-state index in [1.165, 1.54) is 17.1 Å². The second-order valence-electron chi connectivity index (χ2n) is 5.92. The normalized spacial score (nSPS) is 21.7. The Hall–Kier alpha value is -0.680. The first-order chi connectivity index (χ1) is 10.00. The quantitative estimate of drug-likeness (QED) is 0.826. The molecule has 1 aromatic rings. The van der Waals surface area contributed by atoms with Gasteiger partial charge in [0.1, 0.15) is 11.4 Å². The van der Waals surface area contributed by atoms with Crippen LogP contribution >= 0.6 is 23.5 Å². The molecule has 1 saturated heterocycles. The van der Waals surface area contributed by atoms with Crippen molar-refractivity contribution < 1.29 is 14.2 Å². The Morgan fingerprint density at radius 2 is 1.90 bits per heavy atom. The van der Waals surface area contributed by atoms with E-state index < -0.39 is 0 Å². The summed E-state index contributed by atoms with van der Waals surface area (Å²) in [5.41, 5.74) is 1.09. The Bertz CT molecular complexity index is 537. The van der Waals surface area contributed by atoms with Gasteiger partial charge in [0.05, 0.1) is 17.8 Å². The van der Waals surface area contributed by atoms with Gasteiger partial charge in [0, 0.05) is 29.6 Å². The van der Waals surface area contributed by atoms with E-state index in [0.717, 1.165) is 23.7 Å².